The van der Waals surface area contributed by atoms with Crippen LogP contribution in [0.1, 0.15) is 40.9 Å². The van der Waals surface area contributed by atoms with Gasteiger partial charge in [0.2, 0.25) is 0 Å². The second kappa shape index (κ2) is 6.45. The summed E-state index contributed by atoms with van der Waals surface area (Å²) in [5.74, 6) is 1.88. The molecule has 1 aliphatic heterocycles. The maximum absolute atomic E-state index is 12.8. The maximum Gasteiger partial charge on any atom is 0.265 e. The molecule has 0 radical (unpaired) electrons. The number of carbonyl (C=O) groups is 1. The molecule has 124 valence electrons. The number of aryl methyl sites for hydroxylation is 2. The van der Waals surface area contributed by atoms with Crippen molar-refractivity contribution in [3.8, 4) is 10.8 Å². The first kappa shape index (κ1) is 16.2. The summed E-state index contributed by atoms with van der Waals surface area (Å²) in [5, 5.41) is 10.4. The molecule has 2 aromatic rings. The van der Waals surface area contributed by atoms with Crippen LogP contribution in [0.4, 0.5) is 0 Å². The topological polar surface area (TPSA) is 66.6 Å². The fourth-order valence-electron chi connectivity index (χ4n) is 2.98. The first-order valence-electron chi connectivity index (χ1n) is 7.97. The Morgan fingerprint density at radius 3 is 2.65 bits per heavy atom. The summed E-state index contributed by atoms with van der Waals surface area (Å²) >= 11 is 1.39. The fourth-order valence-corrected chi connectivity index (χ4v) is 3.97. The molecule has 0 aromatic carbocycles. The van der Waals surface area contributed by atoms with Gasteiger partial charge in [-0.3, -0.25) is 4.79 Å². The van der Waals surface area contributed by atoms with Gasteiger partial charge in [0, 0.05) is 13.1 Å². The molecule has 5 nitrogen and oxygen atoms in total. The van der Waals surface area contributed by atoms with Gasteiger partial charge >= 0.3 is 0 Å². The Morgan fingerprint density at radius 1 is 1.39 bits per heavy atom. The molecule has 1 amide bonds. The molecule has 0 aliphatic carbocycles. The second-order valence-electron chi connectivity index (χ2n) is 6.21. The number of hydrogen-bond acceptors (Lipinski definition) is 5. The van der Waals surface area contributed by atoms with Crippen molar-refractivity contribution < 1.29 is 14.3 Å². The molecule has 1 unspecified atom stereocenters. The fraction of sp³-hybridized carbons (Fsp3) is 0.529. The van der Waals surface area contributed by atoms with Gasteiger partial charge in [-0.15, -0.1) is 11.3 Å². The van der Waals surface area contributed by atoms with Crippen LogP contribution < -0.4 is 0 Å². The number of nitrogens with zero attached hydrogens (tertiary/aromatic N) is 2. The molecule has 23 heavy (non-hydrogen) atoms. The molecule has 0 bridgehead atoms. The number of likely N-dealkylation sites (tertiary alicyclic amines) is 1. The van der Waals surface area contributed by atoms with Gasteiger partial charge in [-0.05, 0) is 51.7 Å². The molecular formula is C17H22N2O3S. The van der Waals surface area contributed by atoms with Gasteiger partial charge < -0.3 is 14.4 Å². The van der Waals surface area contributed by atoms with Crippen LogP contribution in [0.5, 0.6) is 0 Å². The molecule has 3 heterocycles. The Kier molecular flexibility index (Phi) is 4.55. The number of aliphatic hydroxyl groups is 1. The van der Waals surface area contributed by atoms with Crippen molar-refractivity contribution in [1.29, 1.82) is 0 Å². The van der Waals surface area contributed by atoms with E-state index in [1.807, 2.05) is 37.8 Å². The van der Waals surface area contributed by atoms with Crippen LogP contribution in [-0.2, 0) is 0 Å². The van der Waals surface area contributed by atoms with E-state index in [2.05, 4.69) is 4.98 Å². The van der Waals surface area contributed by atoms with E-state index in [0.29, 0.717) is 29.6 Å². The molecule has 1 atom stereocenters. The van der Waals surface area contributed by atoms with Crippen molar-refractivity contribution in [2.45, 2.75) is 39.7 Å². The van der Waals surface area contributed by atoms with E-state index < -0.39 is 0 Å². The molecule has 1 N–H and O–H groups in total. The monoisotopic (exact) mass is 334 g/mol. The minimum Gasteiger partial charge on any atom is -0.459 e. The zero-order valence-corrected chi connectivity index (χ0v) is 14.5. The number of furan rings is 1. The third-order valence-corrected chi connectivity index (χ3v) is 5.61. The Morgan fingerprint density at radius 2 is 2.09 bits per heavy atom. The van der Waals surface area contributed by atoms with Crippen molar-refractivity contribution in [1.82, 2.24) is 9.88 Å². The Bertz CT molecular complexity index is 697. The highest BCUT2D eigenvalue weighted by molar-refractivity contribution is 7.17. The van der Waals surface area contributed by atoms with Gasteiger partial charge in [0.25, 0.3) is 5.91 Å². The van der Waals surface area contributed by atoms with Crippen LogP contribution in [0.15, 0.2) is 16.5 Å². The van der Waals surface area contributed by atoms with Crippen LogP contribution in [-0.4, -0.2) is 40.1 Å². The second-order valence-corrected chi connectivity index (χ2v) is 7.21. The third-order valence-electron chi connectivity index (χ3n) is 4.45. The number of hydrogen-bond donors (Lipinski definition) is 1. The van der Waals surface area contributed by atoms with Crippen molar-refractivity contribution >= 4 is 17.2 Å². The van der Waals surface area contributed by atoms with E-state index >= 15 is 0 Å². The molecule has 0 spiro atoms. The molecular weight excluding hydrogens is 312 g/mol. The van der Waals surface area contributed by atoms with Gasteiger partial charge in [0.1, 0.15) is 10.6 Å². The van der Waals surface area contributed by atoms with Crippen LogP contribution in [0.3, 0.4) is 0 Å². The highest BCUT2D eigenvalue weighted by atomic mass is 32.1. The normalized spacial score (nSPS) is 17.5. The van der Waals surface area contributed by atoms with E-state index in [0.717, 1.165) is 29.3 Å². The van der Waals surface area contributed by atoms with Crippen molar-refractivity contribution in [2.75, 3.05) is 13.1 Å². The first-order chi connectivity index (χ1) is 11.0. The minimum absolute atomic E-state index is 0.0403. The zero-order valence-electron chi connectivity index (χ0n) is 13.7. The van der Waals surface area contributed by atoms with E-state index in [9.17, 15) is 9.90 Å². The molecule has 6 heteroatoms. The summed E-state index contributed by atoms with van der Waals surface area (Å²) in [6, 6.07) is 3.78. The summed E-state index contributed by atoms with van der Waals surface area (Å²) in [4.78, 5) is 19.8. The van der Waals surface area contributed by atoms with Crippen molar-refractivity contribution in [3.05, 3.63) is 28.5 Å². The average Bonchev–Trinajstić information content (AvgIpc) is 3.12. The zero-order chi connectivity index (χ0) is 16.6. The number of rotatable bonds is 3. The average molecular weight is 334 g/mol. The van der Waals surface area contributed by atoms with Crippen LogP contribution in [0.2, 0.25) is 0 Å². The number of amides is 1. The standard InChI is InChI=1S/C17H22N2O3S/c1-10-4-5-14(22-10)16-18-11(2)15(23-16)17(21)19-8-6-13(7-9-19)12(3)20/h4-5,12-13,20H,6-9H2,1-3H3. The summed E-state index contributed by atoms with van der Waals surface area (Å²) < 4.78 is 5.60. The lowest BCUT2D eigenvalue weighted by molar-refractivity contribution is 0.0524. The highest BCUT2D eigenvalue weighted by Gasteiger charge is 2.28. The molecule has 1 aliphatic rings. The largest absolute Gasteiger partial charge is 0.459 e. The maximum atomic E-state index is 12.8. The molecule has 2 aromatic heterocycles. The summed E-state index contributed by atoms with van der Waals surface area (Å²) in [6.07, 6.45) is 1.41. The highest BCUT2D eigenvalue weighted by Crippen LogP contribution is 2.31. The first-order valence-corrected chi connectivity index (χ1v) is 8.79. The Balaban J connectivity index is 1.74. The SMILES string of the molecule is Cc1ccc(-c2nc(C)c(C(=O)N3CCC(C(C)O)CC3)s2)o1. The summed E-state index contributed by atoms with van der Waals surface area (Å²) in [7, 11) is 0. The number of aromatic nitrogens is 1. The summed E-state index contributed by atoms with van der Waals surface area (Å²) in [6.45, 7) is 6.98. The van der Waals surface area contributed by atoms with Crippen LogP contribution in [0, 0.1) is 19.8 Å². The van der Waals surface area contributed by atoms with E-state index in [-0.39, 0.29) is 12.0 Å². The molecule has 1 fully saturated rings. The van der Waals surface area contributed by atoms with Crippen molar-refractivity contribution in [3.63, 3.8) is 0 Å². The van der Waals surface area contributed by atoms with Crippen LogP contribution >= 0.6 is 11.3 Å². The summed E-state index contributed by atoms with van der Waals surface area (Å²) in [5.41, 5.74) is 0.752. The van der Waals surface area contributed by atoms with Gasteiger partial charge in [0.05, 0.1) is 11.8 Å². The van der Waals surface area contributed by atoms with Gasteiger partial charge in [-0.1, -0.05) is 0 Å². The molecule has 1 saturated heterocycles. The molecule has 3 rings (SSSR count). The lowest BCUT2D eigenvalue weighted by Crippen LogP contribution is -2.40. The van der Waals surface area contributed by atoms with E-state index in [1.165, 1.54) is 11.3 Å². The lowest BCUT2D eigenvalue weighted by atomic mass is 9.92. The van der Waals surface area contributed by atoms with Gasteiger partial charge in [-0.2, -0.15) is 0 Å². The minimum atomic E-state index is -0.300. The molecule has 0 saturated carbocycles. The number of aliphatic hydroxyl groups excluding tert-OH is 1. The number of piperidine rings is 1. The van der Waals surface area contributed by atoms with Crippen molar-refractivity contribution in [2.24, 2.45) is 5.92 Å². The quantitative estimate of drug-likeness (QED) is 0.935. The Hall–Kier alpha value is -1.66. The number of carbonyl (C=O) groups excluding carboxylic acids is 1. The Labute approximate surface area is 140 Å². The third kappa shape index (κ3) is 3.33. The van der Waals surface area contributed by atoms with Crippen LogP contribution in [0.25, 0.3) is 10.8 Å². The predicted octanol–water partition coefficient (Wildman–Crippen LogP) is 3.25. The lowest BCUT2D eigenvalue weighted by Gasteiger charge is -2.33. The van der Waals surface area contributed by atoms with Gasteiger partial charge in [-0.25, -0.2) is 4.98 Å². The predicted molar refractivity (Wildman–Crippen MR) is 89.6 cm³/mol. The van der Waals surface area contributed by atoms with E-state index in [1.54, 1.807) is 0 Å². The van der Waals surface area contributed by atoms with E-state index in [4.69, 9.17) is 4.42 Å². The smallest absolute Gasteiger partial charge is 0.265 e. The number of thiazole rings is 1. The van der Waals surface area contributed by atoms with Gasteiger partial charge in [0.15, 0.2) is 10.8 Å².